The molecule has 0 bridgehead atoms. The van der Waals surface area contributed by atoms with Gasteiger partial charge in [-0.1, -0.05) is 30.3 Å². The van der Waals surface area contributed by atoms with Crippen LogP contribution in [0.4, 0.5) is 0 Å². The summed E-state index contributed by atoms with van der Waals surface area (Å²) in [6, 6.07) is 10.4. The second kappa shape index (κ2) is 4.34. The number of hydrogen-bond donors (Lipinski definition) is 1. The van der Waals surface area contributed by atoms with Crippen LogP contribution in [0.25, 0.3) is 11.4 Å². The van der Waals surface area contributed by atoms with Crippen molar-refractivity contribution in [1.29, 1.82) is 0 Å². The van der Waals surface area contributed by atoms with Gasteiger partial charge in [0, 0.05) is 24.0 Å². The van der Waals surface area contributed by atoms with E-state index in [0.717, 1.165) is 25.3 Å². The lowest BCUT2D eigenvalue weighted by molar-refractivity contribution is 0.381. The quantitative estimate of drug-likeness (QED) is 0.853. The Balaban J connectivity index is 2.00. The fourth-order valence-electron chi connectivity index (χ4n) is 2.53. The lowest BCUT2D eigenvalue weighted by Gasteiger charge is -2.24. The molecule has 1 aromatic carbocycles. The average molecular weight is 227 g/mol. The highest BCUT2D eigenvalue weighted by Gasteiger charge is 2.20. The van der Waals surface area contributed by atoms with E-state index in [0.29, 0.717) is 5.92 Å². The highest BCUT2D eigenvalue weighted by molar-refractivity contribution is 5.56. The third kappa shape index (κ3) is 1.87. The summed E-state index contributed by atoms with van der Waals surface area (Å²) in [7, 11) is 0. The maximum absolute atomic E-state index is 5.78. The van der Waals surface area contributed by atoms with Gasteiger partial charge in [0.2, 0.25) is 0 Å². The molecule has 1 aliphatic rings. The first-order valence-corrected chi connectivity index (χ1v) is 6.18. The molecule has 0 aliphatic carbocycles. The van der Waals surface area contributed by atoms with Crippen LogP contribution in [-0.2, 0) is 13.0 Å². The van der Waals surface area contributed by atoms with Crippen LogP contribution in [0.1, 0.15) is 12.1 Å². The lowest BCUT2D eigenvalue weighted by Crippen LogP contribution is -2.26. The third-order valence-corrected chi connectivity index (χ3v) is 3.55. The van der Waals surface area contributed by atoms with Crippen LogP contribution in [0.2, 0.25) is 0 Å². The summed E-state index contributed by atoms with van der Waals surface area (Å²) in [6.07, 6.45) is 4.30. The minimum Gasteiger partial charge on any atom is -0.330 e. The highest BCUT2D eigenvalue weighted by atomic mass is 15.1. The topological polar surface area (TPSA) is 43.8 Å². The Morgan fingerprint density at radius 3 is 2.88 bits per heavy atom. The van der Waals surface area contributed by atoms with Crippen LogP contribution in [0.3, 0.4) is 0 Å². The zero-order valence-electron chi connectivity index (χ0n) is 9.84. The van der Waals surface area contributed by atoms with E-state index in [1.807, 2.05) is 12.3 Å². The minimum atomic E-state index is 0.596. The maximum atomic E-state index is 5.78. The zero-order valence-corrected chi connectivity index (χ0v) is 9.84. The van der Waals surface area contributed by atoms with Crippen molar-refractivity contribution in [3.8, 4) is 11.4 Å². The van der Waals surface area contributed by atoms with Crippen molar-refractivity contribution in [2.75, 3.05) is 6.54 Å². The first-order valence-electron chi connectivity index (χ1n) is 6.18. The lowest BCUT2D eigenvalue weighted by atomic mass is 9.98. The van der Waals surface area contributed by atoms with E-state index in [2.05, 4.69) is 33.8 Å². The van der Waals surface area contributed by atoms with Gasteiger partial charge in [-0.25, -0.2) is 4.98 Å². The number of benzene rings is 1. The van der Waals surface area contributed by atoms with Gasteiger partial charge in [-0.2, -0.15) is 0 Å². The van der Waals surface area contributed by atoms with Crippen molar-refractivity contribution in [3.63, 3.8) is 0 Å². The fraction of sp³-hybridized carbons (Fsp3) is 0.357. The Bertz CT molecular complexity index is 501. The van der Waals surface area contributed by atoms with E-state index in [9.17, 15) is 0 Å². The summed E-state index contributed by atoms with van der Waals surface area (Å²) in [5, 5.41) is 0. The average Bonchev–Trinajstić information content (AvgIpc) is 2.82. The van der Waals surface area contributed by atoms with Gasteiger partial charge in [0.1, 0.15) is 5.82 Å². The SMILES string of the molecule is NCC1CCc2cnc(-c3ccccc3)n2C1. The van der Waals surface area contributed by atoms with Crippen LogP contribution in [-0.4, -0.2) is 16.1 Å². The monoisotopic (exact) mass is 227 g/mol. The third-order valence-electron chi connectivity index (χ3n) is 3.55. The van der Waals surface area contributed by atoms with E-state index in [-0.39, 0.29) is 0 Å². The summed E-state index contributed by atoms with van der Waals surface area (Å²) >= 11 is 0. The van der Waals surface area contributed by atoms with Gasteiger partial charge in [0.15, 0.2) is 0 Å². The van der Waals surface area contributed by atoms with Crippen molar-refractivity contribution in [1.82, 2.24) is 9.55 Å². The molecule has 0 saturated heterocycles. The number of fused-ring (bicyclic) bond motifs is 1. The maximum Gasteiger partial charge on any atom is 0.140 e. The predicted octanol–water partition coefficient (Wildman–Crippen LogP) is 2.07. The van der Waals surface area contributed by atoms with Gasteiger partial charge in [-0.15, -0.1) is 0 Å². The molecule has 0 spiro atoms. The molecule has 0 amide bonds. The second-order valence-electron chi connectivity index (χ2n) is 4.69. The molecule has 3 rings (SSSR count). The first-order chi connectivity index (χ1) is 8.38. The molecule has 0 radical (unpaired) electrons. The van der Waals surface area contributed by atoms with Crippen molar-refractivity contribution in [2.45, 2.75) is 19.4 Å². The number of imidazole rings is 1. The fourth-order valence-corrected chi connectivity index (χ4v) is 2.53. The normalized spacial score (nSPS) is 19.0. The Labute approximate surface area is 101 Å². The van der Waals surface area contributed by atoms with Crippen molar-refractivity contribution in [3.05, 3.63) is 42.2 Å². The van der Waals surface area contributed by atoms with Crippen molar-refractivity contribution < 1.29 is 0 Å². The molecule has 1 atom stereocenters. The Morgan fingerprint density at radius 2 is 2.12 bits per heavy atom. The summed E-state index contributed by atoms with van der Waals surface area (Å²) < 4.78 is 2.33. The van der Waals surface area contributed by atoms with E-state index < -0.39 is 0 Å². The Morgan fingerprint density at radius 1 is 1.29 bits per heavy atom. The van der Waals surface area contributed by atoms with E-state index in [1.165, 1.54) is 17.7 Å². The molecule has 3 heteroatoms. The van der Waals surface area contributed by atoms with Crippen LogP contribution in [0, 0.1) is 5.92 Å². The molecule has 0 saturated carbocycles. The van der Waals surface area contributed by atoms with Crippen LogP contribution in [0.5, 0.6) is 0 Å². The number of hydrogen-bond acceptors (Lipinski definition) is 2. The van der Waals surface area contributed by atoms with Crippen molar-refractivity contribution >= 4 is 0 Å². The van der Waals surface area contributed by atoms with E-state index >= 15 is 0 Å². The number of rotatable bonds is 2. The molecule has 0 fully saturated rings. The van der Waals surface area contributed by atoms with Gasteiger partial charge in [0.25, 0.3) is 0 Å². The van der Waals surface area contributed by atoms with E-state index in [1.54, 1.807) is 0 Å². The number of nitrogens with two attached hydrogens (primary N) is 1. The van der Waals surface area contributed by atoms with Gasteiger partial charge >= 0.3 is 0 Å². The van der Waals surface area contributed by atoms with Crippen LogP contribution in [0.15, 0.2) is 36.5 Å². The number of aromatic nitrogens is 2. The minimum absolute atomic E-state index is 0.596. The van der Waals surface area contributed by atoms with Crippen LogP contribution < -0.4 is 5.73 Å². The smallest absolute Gasteiger partial charge is 0.140 e. The van der Waals surface area contributed by atoms with Crippen molar-refractivity contribution in [2.24, 2.45) is 11.7 Å². The second-order valence-corrected chi connectivity index (χ2v) is 4.69. The summed E-state index contributed by atoms with van der Waals surface area (Å²) in [5.74, 6) is 1.68. The van der Waals surface area contributed by atoms with E-state index in [4.69, 9.17) is 5.73 Å². The summed E-state index contributed by atoms with van der Waals surface area (Å²) in [5.41, 5.74) is 8.32. The molecule has 3 nitrogen and oxygen atoms in total. The van der Waals surface area contributed by atoms with Gasteiger partial charge in [0.05, 0.1) is 0 Å². The molecule has 1 aliphatic heterocycles. The van der Waals surface area contributed by atoms with Crippen LogP contribution >= 0.6 is 0 Å². The highest BCUT2D eigenvalue weighted by Crippen LogP contribution is 2.26. The number of nitrogens with zero attached hydrogens (tertiary/aromatic N) is 2. The summed E-state index contributed by atoms with van der Waals surface area (Å²) in [6.45, 7) is 1.78. The Hall–Kier alpha value is -1.61. The van der Waals surface area contributed by atoms with Gasteiger partial charge in [-0.05, 0) is 25.3 Å². The van der Waals surface area contributed by atoms with Gasteiger partial charge < -0.3 is 10.3 Å². The summed E-state index contributed by atoms with van der Waals surface area (Å²) in [4.78, 5) is 4.56. The first kappa shape index (κ1) is 10.5. The molecule has 1 aromatic heterocycles. The zero-order chi connectivity index (χ0) is 11.7. The molecule has 1 unspecified atom stereocenters. The standard InChI is InChI=1S/C14H17N3/c15-8-11-6-7-13-9-16-14(17(13)10-11)12-4-2-1-3-5-12/h1-5,9,11H,6-8,10,15H2. The molecular weight excluding hydrogens is 210 g/mol. The molecule has 88 valence electrons. The molecule has 17 heavy (non-hydrogen) atoms. The van der Waals surface area contributed by atoms with Gasteiger partial charge in [-0.3, -0.25) is 0 Å². The molecule has 2 aromatic rings. The molecule has 2 N–H and O–H groups in total. The molecule has 2 heterocycles. The number of aryl methyl sites for hydroxylation is 1. The Kier molecular flexibility index (Phi) is 2.69. The molecular formula is C14H17N3. The predicted molar refractivity (Wildman–Crippen MR) is 68.5 cm³/mol. The largest absolute Gasteiger partial charge is 0.330 e.